The van der Waals surface area contributed by atoms with E-state index < -0.39 is 0 Å². The van der Waals surface area contributed by atoms with Gasteiger partial charge in [-0.1, -0.05) is 23.9 Å². The largest absolute Gasteiger partial charge is 0.492 e. The molecule has 0 spiro atoms. The quantitative estimate of drug-likeness (QED) is 0.288. The zero-order valence-electron chi connectivity index (χ0n) is 15.4. The summed E-state index contributed by atoms with van der Waals surface area (Å²) in [5.74, 6) is 1.49. The van der Waals surface area contributed by atoms with Crippen LogP contribution < -0.4 is 15.5 Å². The number of nitrogens with zero attached hydrogens (tertiary/aromatic N) is 1. The maximum atomic E-state index is 12.2. The molecule has 1 atom stereocenters. The number of nitrogens with one attached hydrogen (secondary N) is 2. The summed E-state index contributed by atoms with van der Waals surface area (Å²) in [4.78, 5) is 14.7. The Morgan fingerprint density at radius 1 is 1.30 bits per heavy atom. The fourth-order valence-electron chi connectivity index (χ4n) is 3.72. The van der Waals surface area contributed by atoms with Gasteiger partial charge in [0.15, 0.2) is 0 Å². The van der Waals surface area contributed by atoms with Crippen molar-refractivity contribution >= 4 is 23.1 Å². The molecular weight excluding hydrogens is 362 g/mol. The number of carbonyl (C=O) groups is 1. The van der Waals surface area contributed by atoms with E-state index in [1.165, 1.54) is 31.3 Å². The molecule has 0 saturated carbocycles. The third-order valence-corrected chi connectivity index (χ3v) is 5.49. The second-order valence-corrected chi connectivity index (χ2v) is 7.48. The molecule has 3 N–H and O–H groups in total. The van der Waals surface area contributed by atoms with Gasteiger partial charge in [0.1, 0.15) is 17.3 Å². The number of hydrogen-bond donors (Lipinski definition) is 3. The molecule has 1 fully saturated rings. The molecule has 1 aliphatic heterocycles. The highest BCUT2D eigenvalue weighted by Gasteiger charge is 2.26. The lowest BCUT2D eigenvalue weighted by Crippen LogP contribution is -2.43. The van der Waals surface area contributed by atoms with Crippen LogP contribution in [0.2, 0.25) is 0 Å². The molecule has 1 aromatic carbocycles. The Labute approximate surface area is 165 Å². The standard InChI is InChI=1S/C20H27N3O3S/c24-19(14-23-11-9-15-3-1-2-4-17(15)13-23)21-10-12-26-18-7-5-16(6-8-18)20(27)22-25/h4-8,15,25H,1-3,9-14H2,(H,21,24)(H,22,27). The molecule has 1 unspecified atom stereocenters. The molecule has 1 aliphatic carbocycles. The lowest BCUT2D eigenvalue weighted by atomic mass is 9.82. The number of benzene rings is 1. The first-order valence-electron chi connectivity index (χ1n) is 9.51. The van der Waals surface area contributed by atoms with E-state index in [4.69, 9.17) is 22.2 Å². The molecule has 3 rings (SSSR count). The highest BCUT2D eigenvalue weighted by atomic mass is 32.1. The van der Waals surface area contributed by atoms with Gasteiger partial charge >= 0.3 is 0 Å². The fourth-order valence-corrected chi connectivity index (χ4v) is 3.86. The van der Waals surface area contributed by atoms with Gasteiger partial charge in [0, 0.05) is 12.1 Å². The van der Waals surface area contributed by atoms with Crippen LogP contribution in [0.4, 0.5) is 0 Å². The Kier molecular flexibility index (Phi) is 7.20. The summed E-state index contributed by atoms with van der Waals surface area (Å²) in [6.45, 7) is 3.26. The molecule has 6 nitrogen and oxygen atoms in total. The number of thiocarbonyl (C=S) groups is 1. The molecule has 0 radical (unpaired) electrons. The van der Waals surface area contributed by atoms with E-state index in [9.17, 15) is 4.79 Å². The molecule has 1 amide bonds. The van der Waals surface area contributed by atoms with Crippen molar-refractivity contribution in [3.63, 3.8) is 0 Å². The van der Waals surface area contributed by atoms with Gasteiger partial charge in [0.05, 0.1) is 13.1 Å². The topological polar surface area (TPSA) is 73.8 Å². The number of hydroxylamine groups is 1. The van der Waals surface area contributed by atoms with Gasteiger partial charge in [0.25, 0.3) is 0 Å². The molecule has 1 saturated heterocycles. The van der Waals surface area contributed by atoms with Gasteiger partial charge in [-0.3, -0.25) is 20.4 Å². The molecule has 0 bridgehead atoms. The van der Waals surface area contributed by atoms with Gasteiger partial charge in [0.2, 0.25) is 5.91 Å². The van der Waals surface area contributed by atoms with Crippen LogP contribution in [0.5, 0.6) is 5.75 Å². The average molecular weight is 390 g/mol. The number of amides is 1. The number of allylic oxidation sites excluding steroid dienone is 1. The van der Waals surface area contributed by atoms with Crippen molar-refractivity contribution in [3.05, 3.63) is 41.5 Å². The van der Waals surface area contributed by atoms with Crippen LogP contribution >= 0.6 is 12.2 Å². The Morgan fingerprint density at radius 3 is 2.89 bits per heavy atom. The van der Waals surface area contributed by atoms with Crippen LogP contribution in [0, 0.1) is 5.92 Å². The third-order valence-electron chi connectivity index (χ3n) is 5.17. The van der Waals surface area contributed by atoms with E-state index in [1.54, 1.807) is 24.3 Å². The Morgan fingerprint density at radius 2 is 2.11 bits per heavy atom. The SMILES string of the molecule is O=C(CN1CCC2CCCC=C2C1)NCCOc1ccc(C(=S)NO)cc1. The predicted molar refractivity (Wildman–Crippen MR) is 108 cm³/mol. The lowest BCUT2D eigenvalue weighted by Gasteiger charge is -2.35. The van der Waals surface area contributed by atoms with E-state index in [0.717, 1.165) is 19.0 Å². The number of hydrogen-bond acceptors (Lipinski definition) is 5. The summed E-state index contributed by atoms with van der Waals surface area (Å²) in [6, 6.07) is 7.09. The van der Waals surface area contributed by atoms with Crippen LogP contribution in [-0.4, -0.2) is 53.8 Å². The van der Waals surface area contributed by atoms with Crippen LogP contribution in [-0.2, 0) is 4.79 Å². The van der Waals surface area contributed by atoms with Gasteiger partial charge in [-0.25, -0.2) is 0 Å². The fraction of sp³-hybridized carbons (Fsp3) is 0.500. The number of likely N-dealkylation sites (tertiary alicyclic amines) is 1. The molecule has 7 heteroatoms. The second kappa shape index (κ2) is 9.82. The first-order chi connectivity index (χ1) is 13.2. The van der Waals surface area contributed by atoms with E-state index in [-0.39, 0.29) is 10.9 Å². The Hall–Kier alpha value is -1.96. The maximum Gasteiger partial charge on any atom is 0.234 e. The number of fused-ring (bicyclic) bond motifs is 1. The van der Waals surface area contributed by atoms with Crippen molar-refractivity contribution in [1.82, 2.24) is 15.7 Å². The Balaban J connectivity index is 1.34. The van der Waals surface area contributed by atoms with E-state index in [2.05, 4.69) is 16.3 Å². The molecule has 2 aliphatic rings. The number of piperidine rings is 1. The number of ether oxygens (including phenoxy) is 1. The van der Waals surface area contributed by atoms with E-state index in [1.807, 2.05) is 5.48 Å². The van der Waals surface area contributed by atoms with Crippen molar-refractivity contribution in [2.24, 2.45) is 5.92 Å². The average Bonchev–Trinajstić information content (AvgIpc) is 2.71. The molecule has 0 aromatic heterocycles. The number of carbonyl (C=O) groups excluding carboxylic acids is 1. The van der Waals surface area contributed by atoms with Crippen molar-refractivity contribution in [2.45, 2.75) is 25.7 Å². The van der Waals surface area contributed by atoms with Gasteiger partial charge in [-0.05, 0) is 62.4 Å². The molecule has 146 valence electrons. The highest BCUT2D eigenvalue weighted by molar-refractivity contribution is 7.80. The molecular formula is C20H27N3O3S. The third kappa shape index (κ3) is 5.76. The first kappa shape index (κ1) is 19.8. The summed E-state index contributed by atoms with van der Waals surface area (Å²) < 4.78 is 5.62. The van der Waals surface area contributed by atoms with Crippen LogP contribution in [0.1, 0.15) is 31.2 Å². The predicted octanol–water partition coefficient (Wildman–Crippen LogP) is 2.27. The summed E-state index contributed by atoms with van der Waals surface area (Å²) >= 11 is 4.94. The number of rotatable bonds is 7. The van der Waals surface area contributed by atoms with E-state index >= 15 is 0 Å². The normalized spacial score (nSPS) is 19.6. The lowest BCUT2D eigenvalue weighted by molar-refractivity contribution is -0.122. The van der Waals surface area contributed by atoms with E-state index in [0.29, 0.717) is 31.0 Å². The zero-order valence-corrected chi connectivity index (χ0v) is 16.3. The summed E-state index contributed by atoms with van der Waals surface area (Å²) in [7, 11) is 0. The monoisotopic (exact) mass is 389 g/mol. The van der Waals surface area contributed by atoms with Gasteiger partial charge in [-0.2, -0.15) is 0 Å². The van der Waals surface area contributed by atoms with Crippen molar-refractivity contribution in [2.75, 3.05) is 32.8 Å². The summed E-state index contributed by atoms with van der Waals surface area (Å²) in [5.41, 5.74) is 4.19. The van der Waals surface area contributed by atoms with Gasteiger partial charge in [-0.15, -0.1) is 0 Å². The minimum Gasteiger partial charge on any atom is -0.492 e. The second-order valence-electron chi connectivity index (χ2n) is 7.07. The summed E-state index contributed by atoms with van der Waals surface area (Å²) in [5, 5.41) is 11.7. The van der Waals surface area contributed by atoms with Crippen molar-refractivity contribution in [1.29, 1.82) is 0 Å². The maximum absolute atomic E-state index is 12.2. The van der Waals surface area contributed by atoms with Gasteiger partial charge < -0.3 is 10.1 Å². The molecule has 1 aromatic rings. The Bertz CT molecular complexity index is 690. The minimum atomic E-state index is 0.0446. The molecule has 27 heavy (non-hydrogen) atoms. The van der Waals surface area contributed by atoms with Crippen molar-refractivity contribution in [3.8, 4) is 5.75 Å². The van der Waals surface area contributed by atoms with Crippen LogP contribution in [0.3, 0.4) is 0 Å². The molecule has 1 heterocycles. The summed E-state index contributed by atoms with van der Waals surface area (Å²) in [6.07, 6.45) is 7.36. The van der Waals surface area contributed by atoms with Crippen LogP contribution in [0.25, 0.3) is 0 Å². The highest BCUT2D eigenvalue weighted by Crippen LogP contribution is 2.31. The van der Waals surface area contributed by atoms with Crippen LogP contribution in [0.15, 0.2) is 35.9 Å². The first-order valence-corrected chi connectivity index (χ1v) is 9.92. The minimum absolute atomic E-state index is 0.0446. The zero-order chi connectivity index (χ0) is 19.1. The van der Waals surface area contributed by atoms with Crippen molar-refractivity contribution < 1.29 is 14.7 Å². The smallest absolute Gasteiger partial charge is 0.234 e.